The Kier molecular flexibility index (Phi) is 1.99. The van der Waals surface area contributed by atoms with Gasteiger partial charge in [-0.05, 0) is 13.8 Å². The van der Waals surface area contributed by atoms with Crippen molar-refractivity contribution in [1.29, 1.82) is 0 Å². The van der Waals surface area contributed by atoms with E-state index < -0.39 is 11.3 Å². The summed E-state index contributed by atoms with van der Waals surface area (Å²) >= 11 is 0. The van der Waals surface area contributed by atoms with Crippen LogP contribution in [-0.4, -0.2) is 15.9 Å². The highest BCUT2D eigenvalue weighted by Gasteiger charge is 2.12. The number of hydrogen-bond donors (Lipinski definition) is 2. The first-order chi connectivity index (χ1) is 5.54. The minimum absolute atomic E-state index is 0.171. The maximum Gasteiger partial charge on any atom is 0.262 e. The number of aromatic amines is 1. The minimum Gasteiger partial charge on any atom is -0.507 e. The highest BCUT2D eigenvalue weighted by molar-refractivity contribution is 5.96. The molecule has 1 aromatic rings. The second-order valence-corrected chi connectivity index (χ2v) is 2.58. The van der Waals surface area contributed by atoms with Gasteiger partial charge in [0.15, 0.2) is 5.78 Å². The number of ketones is 1. The molecule has 0 saturated carbocycles. The van der Waals surface area contributed by atoms with Crippen LogP contribution in [0.25, 0.3) is 0 Å². The molecule has 1 rings (SSSR count). The molecule has 1 aromatic heterocycles. The van der Waals surface area contributed by atoms with Crippen LogP contribution in [0.4, 0.5) is 0 Å². The Labute approximate surface area is 68.9 Å². The molecule has 0 fully saturated rings. The number of carbonyl (C=O) groups excluding carboxylic acids is 1. The van der Waals surface area contributed by atoms with Gasteiger partial charge in [-0.15, -0.1) is 0 Å². The third kappa shape index (κ3) is 1.23. The van der Waals surface area contributed by atoms with Crippen LogP contribution < -0.4 is 5.56 Å². The molecule has 0 radical (unpaired) electrons. The summed E-state index contributed by atoms with van der Waals surface area (Å²) in [6, 6.07) is 0. The van der Waals surface area contributed by atoms with Gasteiger partial charge >= 0.3 is 0 Å². The smallest absolute Gasteiger partial charge is 0.262 e. The molecule has 4 nitrogen and oxygen atoms in total. The standard InChI is InChI=1S/C8H9NO3/c1-4-3-9-8(12)6(5(2)10)7(4)11/h3H,1-2H3,(H2,9,11,12). The lowest BCUT2D eigenvalue weighted by Gasteiger charge is -2.01. The van der Waals surface area contributed by atoms with Gasteiger partial charge in [0, 0.05) is 11.8 Å². The van der Waals surface area contributed by atoms with E-state index in [1.165, 1.54) is 13.1 Å². The number of hydrogen-bond acceptors (Lipinski definition) is 3. The monoisotopic (exact) mass is 167 g/mol. The van der Waals surface area contributed by atoms with E-state index in [-0.39, 0.29) is 11.3 Å². The molecule has 4 heteroatoms. The fourth-order valence-corrected chi connectivity index (χ4v) is 0.946. The third-order valence-corrected chi connectivity index (χ3v) is 1.61. The average Bonchev–Trinajstić information content (AvgIpc) is 1.97. The van der Waals surface area contributed by atoms with Gasteiger partial charge in [-0.1, -0.05) is 0 Å². The van der Waals surface area contributed by atoms with Crippen LogP contribution in [0.5, 0.6) is 5.75 Å². The predicted molar refractivity (Wildman–Crippen MR) is 43.5 cm³/mol. The van der Waals surface area contributed by atoms with Gasteiger partial charge in [0.05, 0.1) is 0 Å². The number of rotatable bonds is 1. The highest BCUT2D eigenvalue weighted by atomic mass is 16.3. The Morgan fingerprint density at radius 2 is 2.17 bits per heavy atom. The first-order valence-electron chi connectivity index (χ1n) is 3.46. The zero-order valence-corrected chi connectivity index (χ0v) is 6.84. The normalized spacial score (nSPS) is 9.83. The van der Waals surface area contributed by atoms with Gasteiger partial charge in [0.25, 0.3) is 5.56 Å². The molecule has 12 heavy (non-hydrogen) atoms. The summed E-state index contributed by atoms with van der Waals surface area (Å²) in [7, 11) is 0. The Bertz CT molecular complexity index is 378. The van der Waals surface area contributed by atoms with E-state index in [4.69, 9.17) is 0 Å². The number of aromatic nitrogens is 1. The molecule has 0 atom stereocenters. The maximum absolute atomic E-state index is 11.0. The molecule has 0 aliphatic rings. The second-order valence-electron chi connectivity index (χ2n) is 2.58. The Morgan fingerprint density at radius 1 is 1.58 bits per heavy atom. The van der Waals surface area contributed by atoms with Crippen molar-refractivity contribution in [2.24, 2.45) is 0 Å². The minimum atomic E-state index is -0.550. The van der Waals surface area contributed by atoms with Crippen molar-refractivity contribution in [3.8, 4) is 5.75 Å². The van der Waals surface area contributed by atoms with E-state index in [1.54, 1.807) is 6.92 Å². The molecule has 64 valence electrons. The SMILES string of the molecule is CC(=O)c1c(O)c(C)c[nH]c1=O. The number of Topliss-reactive ketones (excluding diaryl/α,β-unsaturated/α-hetero) is 1. The van der Waals surface area contributed by atoms with Crippen molar-refractivity contribution >= 4 is 5.78 Å². The van der Waals surface area contributed by atoms with Crippen molar-refractivity contribution in [3.63, 3.8) is 0 Å². The number of H-pyrrole nitrogens is 1. The lowest BCUT2D eigenvalue weighted by molar-refractivity contribution is 0.101. The topological polar surface area (TPSA) is 70.2 Å². The molecule has 2 N–H and O–H groups in total. The zero-order valence-electron chi connectivity index (χ0n) is 6.84. The highest BCUT2D eigenvalue weighted by Crippen LogP contribution is 2.16. The molecule has 0 spiro atoms. The van der Waals surface area contributed by atoms with Crippen LogP contribution in [0, 0.1) is 6.92 Å². The van der Waals surface area contributed by atoms with E-state index in [0.717, 1.165) is 0 Å². The Hall–Kier alpha value is -1.58. The molecule has 0 aliphatic carbocycles. The van der Waals surface area contributed by atoms with Gasteiger partial charge in [-0.2, -0.15) is 0 Å². The van der Waals surface area contributed by atoms with E-state index in [1.807, 2.05) is 0 Å². The molecule has 0 unspecified atom stereocenters. The van der Waals surface area contributed by atoms with Crippen LogP contribution in [0.15, 0.2) is 11.0 Å². The van der Waals surface area contributed by atoms with E-state index in [0.29, 0.717) is 5.56 Å². The molecule has 0 aromatic carbocycles. The van der Waals surface area contributed by atoms with E-state index in [9.17, 15) is 14.7 Å². The van der Waals surface area contributed by atoms with Crippen molar-refractivity contribution < 1.29 is 9.90 Å². The number of nitrogens with one attached hydrogen (secondary N) is 1. The maximum atomic E-state index is 11.0. The fourth-order valence-electron chi connectivity index (χ4n) is 0.946. The van der Waals surface area contributed by atoms with E-state index >= 15 is 0 Å². The second kappa shape index (κ2) is 2.81. The van der Waals surface area contributed by atoms with Crippen molar-refractivity contribution in [2.75, 3.05) is 0 Å². The number of pyridine rings is 1. The molecular weight excluding hydrogens is 158 g/mol. The van der Waals surface area contributed by atoms with Gasteiger partial charge < -0.3 is 10.1 Å². The van der Waals surface area contributed by atoms with Gasteiger partial charge in [0.1, 0.15) is 11.3 Å². The summed E-state index contributed by atoms with van der Waals surface area (Å²) in [6.07, 6.45) is 1.37. The first kappa shape index (κ1) is 8.52. The fraction of sp³-hybridized carbons (Fsp3) is 0.250. The summed E-state index contributed by atoms with van der Waals surface area (Å²) < 4.78 is 0. The summed E-state index contributed by atoms with van der Waals surface area (Å²) in [5.74, 6) is -0.663. The lowest BCUT2D eigenvalue weighted by atomic mass is 10.1. The summed E-state index contributed by atoms with van der Waals surface area (Å²) in [6.45, 7) is 2.85. The third-order valence-electron chi connectivity index (χ3n) is 1.61. The molecule has 1 heterocycles. The van der Waals surface area contributed by atoms with Crippen molar-refractivity contribution in [3.05, 3.63) is 27.7 Å². The van der Waals surface area contributed by atoms with Crippen molar-refractivity contribution in [2.45, 2.75) is 13.8 Å². The largest absolute Gasteiger partial charge is 0.507 e. The molecule has 0 bridgehead atoms. The summed E-state index contributed by atoms with van der Waals surface area (Å²) in [5, 5.41) is 9.31. The Morgan fingerprint density at radius 3 is 2.58 bits per heavy atom. The molecular formula is C8H9NO3. The summed E-state index contributed by atoms with van der Waals surface area (Å²) in [5.41, 5.74) is -0.236. The number of aryl methyl sites for hydroxylation is 1. The van der Waals surface area contributed by atoms with Gasteiger partial charge in [-0.3, -0.25) is 9.59 Å². The van der Waals surface area contributed by atoms with Crippen LogP contribution in [-0.2, 0) is 0 Å². The van der Waals surface area contributed by atoms with Crippen LogP contribution in [0.3, 0.4) is 0 Å². The first-order valence-corrected chi connectivity index (χ1v) is 3.46. The molecule has 0 amide bonds. The quantitative estimate of drug-likeness (QED) is 0.601. The van der Waals surface area contributed by atoms with Gasteiger partial charge in [0.2, 0.25) is 0 Å². The molecule has 0 aliphatic heterocycles. The van der Waals surface area contributed by atoms with E-state index in [2.05, 4.69) is 4.98 Å². The van der Waals surface area contributed by atoms with Gasteiger partial charge in [-0.25, -0.2) is 0 Å². The molecule has 0 saturated heterocycles. The predicted octanol–water partition coefficient (Wildman–Crippen LogP) is 0.592. The summed E-state index contributed by atoms with van der Waals surface area (Å²) in [4.78, 5) is 24.2. The van der Waals surface area contributed by atoms with Crippen LogP contribution in [0.1, 0.15) is 22.8 Å². The number of aromatic hydroxyl groups is 1. The lowest BCUT2D eigenvalue weighted by Crippen LogP contribution is -2.16. The number of carbonyl (C=O) groups is 1. The van der Waals surface area contributed by atoms with Crippen LogP contribution >= 0.6 is 0 Å². The zero-order chi connectivity index (χ0) is 9.30. The average molecular weight is 167 g/mol. The van der Waals surface area contributed by atoms with Crippen LogP contribution in [0.2, 0.25) is 0 Å². The van der Waals surface area contributed by atoms with Crippen molar-refractivity contribution in [1.82, 2.24) is 4.98 Å². The Balaban J connectivity index is 3.54.